The van der Waals surface area contributed by atoms with Gasteiger partial charge in [-0.05, 0) is 6.42 Å². The van der Waals surface area contributed by atoms with Gasteiger partial charge in [-0.1, -0.05) is 6.92 Å². The summed E-state index contributed by atoms with van der Waals surface area (Å²) in [6.45, 7) is 1.27. The van der Waals surface area contributed by atoms with Crippen LogP contribution in [0.4, 0.5) is 0 Å². The maximum absolute atomic E-state index is 10.4. The van der Waals surface area contributed by atoms with E-state index in [0.717, 1.165) is 0 Å². The predicted octanol–water partition coefficient (Wildman–Crippen LogP) is -0.772. The van der Waals surface area contributed by atoms with Crippen molar-refractivity contribution in [2.75, 3.05) is 0 Å². The number of hydrogen-bond acceptors (Lipinski definition) is 5. The van der Waals surface area contributed by atoms with Gasteiger partial charge < -0.3 is 10.2 Å². The van der Waals surface area contributed by atoms with Crippen molar-refractivity contribution in [2.45, 2.75) is 18.9 Å². The maximum Gasteiger partial charge on any atom is 0.384 e. The molecule has 0 aliphatic heterocycles. The highest BCUT2D eigenvalue weighted by Crippen LogP contribution is 2.11. The minimum Gasteiger partial charge on any atom is -0.479 e. The van der Waals surface area contributed by atoms with Gasteiger partial charge in [0.2, 0.25) is 0 Å². The zero-order chi connectivity index (χ0) is 9.07. The smallest absolute Gasteiger partial charge is 0.384 e. The first-order valence-electron chi connectivity index (χ1n) is 2.80. The van der Waals surface area contributed by atoms with Crippen LogP contribution in [0.3, 0.4) is 0 Å². The lowest BCUT2D eigenvalue weighted by atomic mass is 10.0. The fourth-order valence-electron chi connectivity index (χ4n) is 0.458. The molecule has 0 rings (SSSR count). The number of aliphatic hydroxyl groups is 1. The van der Waals surface area contributed by atoms with E-state index in [2.05, 4.69) is 4.89 Å². The number of carbonyl (C=O) groups excluding carboxylic acids is 1. The first-order valence-corrected chi connectivity index (χ1v) is 2.80. The highest BCUT2D eigenvalue weighted by molar-refractivity contribution is 6.01. The number of carbonyl (C=O) groups is 2. The van der Waals surface area contributed by atoms with Gasteiger partial charge >= 0.3 is 11.9 Å². The molecule has 1 atom stereocenters. The molecule has 6 nitrogen and oxygen atoms in total. The summed E-state index contributed by atoms with van der Waals surface area (Å²) in [4.78, 5) is 23.7. The van der Waals surface area contributed by atoms with Crippen molar-refractivity contribution in [3.05, 3.63) is 0 Å². The summed E-state index contributed by atoms with van der Waals surface area (Å²) in [6, 6.07) is 0. The van der Waals surface area contributed by atoms with Gasteiger partial charge in [-0.15, -0.1) is 0 Å². The second kappa shape index (κ2) is 3.31. The van der Waals surface area contributed by atoms with Crippen LogP contribution in [0.5, 0.6) is 0 Å². The third-order valence-corrected chi connectivity index (χ3v) is 1.29. The van der Waals surface area contributed by atoms with Crippen LogP contribution >= 0.6 is 0 Å². The Bertz CT molecular complexity index is 176. The van der Waals surface area contributed by atoms with Crippen LogP contribution in [-0.2, 0) is 14.5 Å². The molecule has 0 amide bonds. The van der Waals surface area contributed by atoms with Gasteiger partial charge in [0.15, 0.2) is 0 Å². The minimum atomic E-state index is -2.64. The average Bonchev–Trinajstić information content (AvgIpc) is 2.01. The van der Waals surface area contributed by atoms with Gasteiger partial charge in [-0.25, -0.2) is 9.59 Å². The Balaban J connectivity index is 4.59. The lowest BCUT2D eigenvalue weighted by molar-refractivity contribution is -0.252. The van der Waals surface area contributed by atoms with Gasteiger partial charge in [0.25, 0.3) is 5.60 Å². The summed E-state index contributed by atoms with van der Waals surface area (Å²) in [5, 5.41) is 25.0. The van der Waals surface area contributed by atoms with E-state index in [4.69, 9.17) is 15.5 Å². The molecular formula is C5H8O6. The Labute approximate surface area is 61.9 Å². The Kier molecular flexibility index (Phi) is 2.97. The summed E-state index contributed by atoms with van der Waals surface area (Å²) < 4.78 is 0. The highest BCUT2D eigenvalue weighted by atomic mass is 17.1. The van der Waals surface area contributed by atoms with Gasteiger partial charge in [-0.2, -0.15) is 5.26 Å². The SMILES string of the molecule is CCC(O)(C(=O)O)C(=O)OO. The van der Waals surface area contributed by atoms with E-state index in [1.165, 1.54) is 6.92 Å². The van der Waals surface area contributed by atoms with Crippen molar-refractivity contribution in [3.8, 4) is 0 Å². The lowest BCUT2D eigenvalue weighted by Crippen LogP contribution is -2.46. The zero-order valence-electron chi connectivity index (χ0n) is 5.77. The Morgan fingerprint density at radius 2 is 2.00 bits per heavy atom. The normalized spacial score (nSPS) is 15.2. The Morgan fingerprint density at radius 3 is 2.09 bits per heavy atom. The zero-order valence-corrected chi connectivity index (χ0v) is 5.77. The number of rotatable bonds is 3. The van der Waals surface area contributed by atoms with Crippen molar-refractivity contribution < 1.29 is 29.9 Å². The average molecular weight is 164 g/mol. The minimum absolute atomic E-state index is 0.373. The first-order chi connectivity index (χ1) is 4.99. The molecule has 3 N–H and O–H groups in total. The van der Waals surface area contributed by atoms with Crippen molar-refractivity contribution in [3.63, 3.8) is 0 Å². The molecule has 0 aromatic heterocycles. The van der Waals surface area contributed by atoms with E-state index in [9.17, 15) is 9.59 Å². The fourth-order valence-corrected chi connectivity index (χ4v) is 0.458. The number of hydrogen-bond donors (Lipinski definition) is 3. The van der Waals surface area contributed by atoms with Crippen LogP contribution in [0.25, 0.3) is 0 Å². The van der Waals surface area contributed by atoms with Crippen LogP contribution in [0.2, 0.25) is 0 Å². The summed E-state index contributed by atoms with van der Waals surface area (Å²) in [5.41, 5.74) is -2.64. The van der Waals surface area contributed by atoms with Crippen LogP contribution < -0.4 is 0 Å². The lowest BCUT2D eigenvalue weighted by Gasteiger charge is -2.15. The van der Waals surface area contributed by atoms with Crippen molar-refractivity contribution in [1.29, 1.82) is 0 Å². The van der Waals surface area contributed by atoms with Gasteiger partial charge in [-0.3, -0.25) is 4.89 Å². The molecule has 1 unspecified atom stereocenters. The monoisotopic (exact) mass is 164 g/mol. The van der Waals surface area contributed by atoms with Crippen LogP contribution in [-0.4, -0.2) is 33.0 Å². The van der Waals surface area contributed by atoms with E-state index in [1.807, 2.05) is 0 Å². The topological polar surface area (TPSA) is 104 Å². The molecule has 0 fully saturated rings. The number of aliphatic carboxylic acids is 1. The third-order valence-electron chi connectivity index (χ3n) is 1.29. The van der Waals surface area contributed by atoms with Crippen molar-refractivity contribution in [1.82, 2.24) is 0 Å². The Morgan fingerprint density at radius 1 is 1.55 bits per heavy atom. The molecule has 0 saturated heterocycles. The van der Waals surface area contributed by atoms with Crippen LogP contribution in [0, 0.1) is 0 Å². The van der Waals surface area contributed by atoms with E-state index in [1.54, 1.807) is 0 Å². The van der Waals surface area contributed by atoms with Crippen LogP contribution in [0.15, 0.2) is 0 Å². The fraction of sp³-hybridized carbons (Fsp3) is 0.600. The first kappa shape index (κ1) is 9.86. The maximum atomic E-state index is 10.4. The quantitative estimate of drug-likeness (QED) is 0.287. The second-order valence-corrected chi connectivity index (χ2v) is 1.90. The molecule has 0 aromatic rings. The van der Waals surface area contributed by atoms with E-state index >= 15 is 0 Å². The molecule has 0 bridgehead atoms. The van der Waals surface area contributed by atoms with Gasteiger partial charge in [0.05, 0.1) is 0 Å². The third kappa shape index (κ3) is 1.66. The molecular weight excluding hydrogens is 156 g/mol. The predicted molar refractivity (Wildman–Crippen MR) is 31.6 cm³/mol. The number of carboxylic acids is 1. The van der Waals surface area contributed by atoms with E-state index in [-0.39, 0.29) is 6.42 Å². The van der Waals surface area contributed by atoms with Gasteiger partial charge in [0.1, 0.15) is 0 Å². The molecule has 0 aliphatic rings. The second-order valence-electron chi connectivity index (χ2n) is 1.90. The molecule has 11 heavy (non-hydrogen) atoms. The standard InChI is InChI=1S/C5H8O6/c1-2-5(9,3(6)7)4(8)11-10/h9-10H,2H2,1H3,(H,6,7). The molecule has 0 heterocycles. The molecule has 0 aliphatic carbocycles. The highest BCUT2D eigenvalue weighted by Gasteiger charge is 2.44. The van der Waals surface area contributed by atoms with E-state index < -0.39 is 17.5 Å². The Hall–Kier alpha value is -1.14. The molecule has 64 valence electrons. The molecule has 6 heteroatoms. The molecule has 0 aromatic carbocycles. The van der Waals surface area contributed by atoms with Gasteiger partial charge in [0, 0.05) is 0 Å². The molecule has 0 radical (unpaired) electrons. The largest absolute Gasteiger partial charge is 0.479 e. The summed E-state index contributed by atoms with van der Waals surface area (Å²) >= 11 is 0. The summed E-state index contributed by atoms with van der Waals surface area (Å²) in [6.07, 6.45) is -0.373. The van der Waals surface area contributed by atoms with Crippen molar-refractivity contribution >= 4 is 11.9 Å². The van der Waals surface area contributed by atoms with Crippen molar-refractivity contribution in [2.24, 2.45) is 0 Å². The molecule has 0 saturated carbocycles. The van der Waals surface area contributed by atoms with Crippen LogP contribution in [0.1, 0.15) is 13.3 Å². The summed E-state index contributed by atoms with van der Waals surface area (Å²) in [5.74, 6) is -3.34. The summed E-state index contributed by atoms with van der Waals surface area (Å²) in [7, 11) is 0. The number of carboxylic acid groups (broad SMARTS) is 1. The van der Waals surface area contributed by atoms with E-state index in [0.29, 0.717) is 0 Å². The molecule has 0 spiro atoms.